The van der Waals surface area contributed by atoms with E-state index in [1.165, 1.54) is 16.2 Å². The van der Waals surface area contributed by atoms with Crippen LogP contribution >= 0.6 is 24.0 Å². The third kappa shape index (κ3) is 5.16. The molecule has 0 bridgehead atoms. The zero-order valence-electron chi connectivity index (χ0n) is 22.0. The molecule has 9 nitrogen and oxygen atoms in total. The van der Waals surface area contributed by atoms with Gasteiger partial charge in [-0.15, -0.1) is 0 Å². The van der Waals surface area contributed by atoms with Crippen LogP contribution < -0.4 is 10.5 Å². The van der Waals surface area contributed by atoms with Crippen molar-refractivity contribution in [2.24, 2.45) is 0 Å². The second kappa shape index (κ2) is 11.2. The number of carbonyl (C=O) groups excluding carboxylic acids is 2. The van der Waals surface area contributed by atoms with Gasteiger partial charge in [0.15, 0.2) is 0 Å². The van der Waals surface area contributed by atoms with Gasteiger partial charge in [0.25, 0.3) is 11.5 Å². The molecule has 2 amide bonds. The van der Waals surface area contributed by atoms with Crippen LogP contribution in [0.4, 0.5) is 10.6 Å². The largest absolute Gasteiger partial charge is 0.450 e. The number of aromatic nitrogens is 2. The molecule has 2 aromatic heterocycles. The topological polar surface area (TPSA) is 87.5 Å². The molecule has 0 saturated carbocycles. The number of anilines is 1. The number of thioether (sulfide) groups is 1. The first-order chi connectivity index (χ1) is 18.8. The predicted molar refractivity (Wildman–Crippen MR) is 157 cm³/mol. The Morgan fingerprint density at radius 2 is 1.85 bits per heavy atom. The van der Waals surface area contributed by atoms with E-state index >= 15 is 0 Å². The molecule has 1 unspecified atom stereocenters. The van der Waals surface area contributed by atoms with Gasteiger partial charge >= 0.3 is 6.09 Å². The highest BCUT2D eigenvalue weighted by Crippen LogP contribution is 2.38. The van der Waals surface area contributed by atoms with Gasteiger partial charge in [0.05, 0.1) is 23.1 Å². The Morgan fingerprint density at radius 3 is 2.54 bits per heavy atom. The fourth-order valence-electron chi connectivity index (χ4n) is 4.81. The molecule has 3 aromatic rings. The zero-order valence-corrected chi connectivity index (χ0v) is 23.6. The minimum absolute atomic E-state index is 0.242. The number of carbonyl (C=O) groups is 2. The lowest BCUT2D eigenvalue weighted by molar-refractivity contribution is -0.123. The monoisotopic (exact) mass is 563 g/mol. The second-order valence-corrected chi connectivity index (χ2v) is 11.0. The number of amides is 2. The van der Waals surface area contributed by atoms with Crippen molar-refractivity contribution in [3.8, 4) is 0 Å². The van der Waals surface area contributed by atoms with Gasteiger partial charge in [-0.25, -0.2) is 9.78 Å². The molecular formula is C28H29N5O4S2. The number of pyridine rings is 1. The first-order valence-corrected chi connectivity index (χ1v) is 14.0. The molecule has 0 radical (unpaired) electrons. The van der Waals surface area contributed by atoms with E-state index in [0.717, 1.165) is 11.1 Å². The maximum atomic E-state index is 13.8. The van der Waals surface area contributed by atoms with Crippen LogP contribution in [0.5, 0.6) is 0 Å². The van der Waals surface area contributed by atoms with Gasteiger partial charge in [0.1, 0.15) is 15.8 Å². The molecule has 1 aromatic carbocycles. The molecule has 2 aliphatic heterocycles. The number of piperazine rings is 1. The summed E-state index contributed by atoms with van der Waals surface area (Å²) in [5.74, 6) is 0.243. The molecule has 2 aliphatic rings. The summed E-state index contributed by atoms with van der Waals surface area (Å²) in [5, 5.41) is 0. The third-order valence-electron chi connectivity index (χ3n) is 6.94. The molecule has 0 aliphatic carbocycles. The zero-order chi connectivity index (χ0) is 27.7. The number of thiocarbonyl (C=S) groups is 1. The van der Waals surface area contributed by atoms with E-state index in [-0.39, 0.29) is 23.6 Å². The Hall–Kier alpha value is -3.70. The number of hydrogen-bond acceptors (Lipinski definition) is 8. The summed E-state index contributed by atoms with van der Waals surface area (Å²) in [6.45, 7) is 7.74. The quantitative estimate of drug-likeness (QED) is 0.337. The van der Waals surface area contributed by atoms with Crippen molar-refractivity contribution in [2.45, 2.75) is 26.8 Å². The number of ether oxygens (including phenoxy) is 1. The van der Waals surface area contributed by atoms with Gasteiger partial charge in [-0.2, -0.15) is 0 Å². The van der Waals surface area contributed by atoms with Gasteiger partial charge in [-0.1, -0.05) is 60.4 Å². The average Bonchev–Trinajstić information content (AvgIpc) is 3.23. The predicted octanol–water partition coefficient (Wildman–Crippen LogP) is 4.24. The Bertz CT molecular complexity index is 1530. The molecule has 11 heteroatoms. The number of fused-ring (bicyclic) bond motifs is 1. The van der Waals surface area contributed by atoms with E-state index in [0.29, 0.717) is 59.0 Å². The fourth-order valence-corrected chi connectivity index (χ4v) is 6.21. The van der Waals surface area contributed by atoms with Crippen molar-refractivity contribution >= 4 is 57.8 Å². The number of benzene rings is 1. The van der Waals surface area contributed by atoms with Crippen molar-refractivity contribution in [1.82, 2.24) is 19.2 Å². The van der Waals surface area contributed by atoms with Crippen LogP contribution in [0.2, 0.25) is 0 Å². The lowest BCUT2D eigenvalue weighted by Crippen LogP contribution is -2.49. The molecule has 4 heterocycles. The standard InChI is InChI=1S/C28H29N5O4S2/c1-4-37-27(36)31-15-13-30(14-16-31)24-21(25(34)32-12-8-9-18(2)23(32)29-24)17-22-26(35)33(28(38)39-22)19(3)20-10-6-5-7-11-20/h5-12,17,19H,4,13-16H2,1-3H3. The van der Waals surface area contributed by atoms with Crippen LogP contribution in [0.25, 0.3) is 11.7 Å². The summed E-state index contributed by atoms with van der Waals surface area (Å²) in [7, 11) is 0. The van der Waals surface area contributed by atoms with Crippen molar-refractivity contribution < 1.29 is 14.3 Å². The summed E-state index contributed by atoms with van der Waals surface area (Å²) in [5.41, 5.74) is 2.42. The first kappa shape index (κ1) is 26.9. The number of nitrogens with zero attached hydrogens (tertiary/aromatic N) is 5. The minimum atomic E-state index is -0.351. The highest BCUT2D eigenvalue weighted by molar-refractivity contribution is 8.26. The summed E-state index contributed by atoms with van der Waals surface area (Å²) in [4.78, 5) is 50.1. The number of rotatable bonds is 5. The van der Waals surface area contributed by atoms with E-state index < -0.39 is 0 Å². The Kier molecular flexibility index (Phi) is 7.72. The maximum Gasteiger partial charge on any atom is 0.409 e. The van der Waals surface area contributed by atoms with Crippen molar-refractivity contribution in [3.63, 3.8) is 0 Å². The lowest BCUT2D eigenvalue weighted by Gasteiger charge is -2.35. The molecule has 1 atom stereocenters. The Morgan fingerprint density at radius 1 is 1.13 bits per heavy atom. The first-order valence-electron chi connectivity index (χ1n) is 12.8. The van der Waals surface area contributed by atoms with Crippen LogP contribution in [-0.2, 0) is 9.53 Å². The van der Waals surface area contributed by atoms with Crippen LogP contribution in [0, 0.1) is 6.92 Å². The van der Waals surface area contributed by atoms with E-state index in [2.05, 4.69) is 0 Å². The van der Waals surface area contributed by atoms with Crippen LogP contribution in [0.3, 0.4) is 0 Å². The molecule has 0 N–H and O–H groups in total. The molecule has 2 fully saturated rings. The maximum absolute atomic E-state index is 13.8. The fraction of sp³-hybridized carbons (Fsp3) is 0.321. The van der Waals surface area contributed by atoms with Crippen LogP contribution in [-0.4, -0.2) is 68.3 Å². The van der Waals surface area contributed by atoms with E-state index in [1.807, 2.05) is 55.1 Å². The lowest BCUT2D eigenvalue weighted by atomic mass is 10.1. The van der Waals surface area contributed by atoms with Gasteiger partial charge in [-0.05, 0) is 44.0 Å². The molecule has 5 rings (SSSR count). The number of aryl methyl sites for hydroxylation is 1. The summed E-state index contributed by atoms with van der Waals surface area (Å²) in [6, 6.07) is 13.2. The minimum Gasteiger partial charge on any atom is -0.450 e. The number of hydrogen-bond donors (Lipinski definition) is 0. The van der Waals surface area contributed by atoms with E-state index in [4.69, 9.17) is 21.9 Å². The highest BCUT2D eigenvalue weighted by Gasteiger charge is 2.37. The van der Waals surface area contributed by atoms with Gasteiger partial charge in [0, 0.05) is 32.4 Å². The molecule has 0 spiro atoms. The van der Waals surface area contributed by atoms with Gasteiger partial charge in [0.2, 0.25) is 0 Å². The summed E-state index contributed by atoms with van der Waals surface area (Å²) >= 11 is 6.79. The second-order valence-electron chi connectivity index (χ2n) is 9.35. The SMILES string of the molecule is CCOC(=O)N1CCN(c2nc3c(C)cccn3c(=O)c2C=C2SC(=S)N(C(C)c3ccccc3)C2=O)CC1. The van der Waals surface area contributed by atoms with Crippen LogP contribution in [0.15, 0.2) is 58.4 Å². The molecule has 202 valence electrons. The Balaban J connectivity index is 1.53. The van der Waals surface area contributed by atoms with E-state index in [1.54, 1.807) is 35.1 Å². The average molecular weight is 564 g/mol. The summed E-state index contributed by atoms with van der Waals surface area (Å²) in [6.07, 6.45) is 2.95. The highest BCUT2D eigenvalue weighted by atomic mass is 32.2. The van der Waals surface area contributed by atoms with Crippen molar-refractivity contribution in [2.75, 3.05) is 37.7 Å². The van der Waals surface area contributed by atoms with Crippen molar-refractivity contribution in [3.05, 3.63) is 80.6 Å². The molecule has 2 saturated heterocycles. The smallest absolute Gasteiger partial charge is 0.409 e. The van der Waals surface area contributed by atoms with Crippen LogP contribution in [0.1, 0.15) is 36.6 Å². The Labute approximate surface area is 236 Å². The molecular weight excluding hydrogens is 534 g/mol. The van der Waals surface area contributed by atoms with Crippen molar-refractivity contribution in [1.29, 1.82) is 0 Å². The normalized spacial score (nSPS) is 17.8. The molecule has 39 heavy (non-hydrogen) atoms. The van der Waals surface area contributed by atoms with Gasteiger partial charge < -0.3 is 14.5 Å². The van der Waals surface area contributed by atoms with Gasteiger partial charge in [-0.3, -0.25) is 18.9 Å². The summed E-state index contributed by atoms with van der Waals surface area (Å²) < 4.78 is 7.09. The third-order valence-corrected chi connectivity index (χ3v) is 8.27. The van der Waals surface area contributed by atoms with E-state index in [9.17, 15) is 14.4 Å².